The molecule has 0 aliphatic carbocycles. The van der Waals surface area contributed by atoms with Crippen LogP contribution >= 0.6 is 35.0 Å². The third-order valence-electron chi connectivity index (χ3n) is 5.15. The number of aryl methyl sites for hydroxylation is 1. The fourth-order valence-electron chi connectivity index (χ4n) is 3.26. The second-order valence-electron chi connectivity index (χ2n) is 7.76. The van der Waals surface area contributed by atoms with Crippen molar-refractivity contribution in [2.24, 2.45) is 0 Å². The highest BCUT2D eigenvalue weighted by Crippen LogP contribution is 2.32. The molecule has 1 aliphatic heterocycles. The molecular formula is C26H20Cl2N2O4S. The smallest absolute Gasteiger partial charge is 0.294 e. The largest absolute Gasteiger partial charge is 0.489 e. The van der Waals surface area contributed by atoms with Crippen molar-refractivity contribution in [3.05, 3.63) is 98.4 Å². The lowest BCUT2D eigenvalue weighted by molar-refractivity contribution is -0.127. The number of benzene rings is 3. The maximum atomic E-state index is 12.8. The topological polar surface area (TPSA) is 75.7 Å². The van der Waals surface area contributed by atoms with E-state index in [9.17, 15) is 14.4 Å². The number of halogens is 2. The van der Waals surface area contributed by atoms with Crippen LogP contribution in [0.1, 0.15) is 16.7 Å². The first kappa shape index (κ1) is 24.9. The number of hydrogen-bond donors (Lipinski definition) is 1. The van der Waals surface area contributed by atoms with Gasteiger partial charge in [0.1, 0.15) is 18.9 Å². The first-order valence-corrected chi connectivity index (χ1v) is 12.1. The summed E-state index contributed by atoms with van der Waals surface area (Å²) in [7, 11) is 0. The normalized spacial score (nSPS) is 14.5. The Hall–Kier alpha value is -3.26. The van der Waals surface area contributed by atoms with Gasteiger partial charge in [0.2, 0.25) is 5.91 Å². The molecule has 6 nitrogen and oxygen atoms in total. The molecule has 3 aromatic rings. The molecule has 1 N–H and O–H groups in total. The lowest BCUT2D eigenvalue weighted by Gasteiger charge is -2.13. The summed E-state index contributed by atoms with van der Waals surface area (Å²) in [4.78, 5) is 38.8. The third-order valence-corrected chi connectivity index (χ3v) is 6.54. The van der Waals surface area contributed by atoms with Crippen molar-refractivity contribution in [2.45, 2.75) is 13.5 Å². The van der Waals surface area contributed by atoms with E-state index in [-0.39, 0.29) is 11.4 Å². The molecule has 1 saturated heterocycles. The molecule has 0 radical (unpaired) electrons. The summed E-state index contributed by atoms with van der Waals surface area (Å²) in [5, 5.41) is 3.34. The Morgan fingerprint density at radius 2 is 1.69 bits per heavy atom. The summed E-state index contributed by atoms with van der Waals surface area (Å²) in [5.41, 5.74) is 3.07. The van der Waals surface area contributed by atoms with Gasteiger partial charge in [-0.15, -0.1) is 0 Å². The molecule has 0 bridgehead atoms. The zero-order chi connectivity index (χ0) is 24.9. The van der Waals surface area contributed by atoms with Gasteiger partial charge in [0.05, 0.1) is 4.91 Å². The van der Waals surface area contributed by atoms with Crippen LogP contribution in [0, 0.1) is 6.92 Å². The summed E-state index contributed by atoms with van der Waals surface area (Å²) < 4.78 is 5.77. The number of nitrogens with zero attached hydrogens (tertiary/aromatic N) is 1. The van der Waals surface area contributed by atoms with Gasteiger partial charge in [-0.25, -0.2) is 0 Å². The maximum Gasteiger partial charge on any atom is 0.294 e. The van der Waals surface area contributed by atoms with E-state index >= 15 is 0 Å². The number of anilines is 1. The number of rotatable bonds is 7. The van der Waals surface area contributed by atoms with Crippen LogP contribution in [0.2, 0.25) is 10.0 Å². The molecule has 178 valence electrons. The Morgan fingerprint density at radius 1 is 1.00 bits per heavy atom. The van der Waals surface area contributed by atoms with E-state index in [0.29, 0.717) is 28.1 Å². The summed E-state index contributed by atoms with van der Waals surface area (Å²) in [5.74, 6) is -0.333. The van der Waals surface area contributed by atoms with E-state index in [4.69, 9.17) is 27.9 Å². The van der Waals surface area contributed by atoms with Crippen LogP contribution in [0.15, 0.2) is 71.6 Å². The van der Waals surface area contributed by atoms with Crippen LogP contribution < -0.4 is 10.1 Å². The molecule has 0 spiro atoms. The number of carbonyl (C=O) groups excluding carboxylic acids is 3. The maximum absolute atomic E-state index is 12.8. The van der Waals surface area contributed by atoms with Crippen LogP contribution in [0.5, 0.6) is 5.75 Å². The van der Waals surface area contributed by atoms with E-state index in [0.717, 1.165) is 33.4 Å². The molecule has 0 atom stereocenters. The summed E-state index contributed by atoms with van der Waals surface area (Å²) in [6.07, 6.45) is 1.62. The molecule has 3 aromatic carbocycles. The van der Waals surface area contributed by atoms with Crippen molar-refractivity contribution in [1.29, 1.82) is 0 Å². The summed E-state index contributed by atoms with van der Waals surface area (Å²) in [6.45, 7) is 1.83. The summed E-state index contributed by atoms with van der Waals surface area (Å²) >= 11 is 12.7. The number of thioether (sulfide) groups is 1. The zero-order valence-electron chi connectivity index (χ0n) is 18.6. The first-order valence-electron chi connectivity index (χ1n) is 10.6. The first-order chi connectivity index (χ1) is 16.8. The number of amides is 3. The number of ether oxygens (including phenoxy) is 1. The van der Waals surface area contributed by atoms with Gasteiger partial charge in [-0.1, -0.05) is 53.5 Å². The lowest BCUT2D eigenvalue weighted by Crippen LogP contribution is -2.36. The molecule has 35 heavy (non-hydrogen) atoms. The Morgan fingerprint density at radius 3 is 2.40 bits per heavy atom. The molecule has 0 saturated carbocycles. The molecule has 1 fully saturated rings. The second-order valence-corrected chi connectivity index (χ2v) is 9.63. The Labute approximate surface area is 216 Å². The fourth-order valence-corrected chi connectivity index (χ4v) is 4.39. The van der Waals surface area contributed by atoms with Gasteiger partial charge in [0, 0.05) is 15.7 Å². The highest BCUT2D eigenvalue weighted by Gasteiger charge is 2.36. The van der Waals surface area contributed by atoms with Gasteiger partial charge < -0.3 is 10.1 Å². The molecule has 9 heteroatoms. The monoisotopic (exact) mass is 526 g/mol. The van der Waals surface area contributed by atoms with Gasteiger partial charge in [0.15, 0.2) is 0 Å². The van der Waals surface area contributed by atoms with Crippen LogP contribution in [0.25, 0.3) is 6.08 Å². The molecule has 0 aromatic heterocycles. The van der Waals surface area contributed by atoms with Gasteiger partial charge in [-0.3, -0.25) is 19.3 Å². The molecule has 0 unspecified atom stereocenters. The van der Waals surface area contributed by atoms with Crippen molar-refractivity contribution in [3.8, 4) is 5.75 Å². The highest BCUT2D eigenvalue weighted by atomic mass is 35.5. The molecule has 1 aliphatic rings. The van der Waals surface area contributed by atoms with Crippen LogP contribution in [0.3, 0.4) is 0 Å². The fraction of sp³-hybridized carbons (Fsp3) is 0.115. The van der Waals surface area contributed by atoms with E-state index in [2.05, 4.69) is 5.32 Å². The number of imide groups is 1. The predicted octanol–water partition coefficient (Wildman–Crippen LogP) is 6.56. The minimum absolute atomic E-state index is 0.247. The summed E-state index contributed by atoms with van der Waals surface area (Å²) in [6, 6.07) is 19.6. The number of carbonyl (C=O) groups is 3. The molecule has 3 amide bonds. The zero-order valence-corrected chi connectivity index (χ0v) is 20.9. The Bertz CT molecular complexity index is 1310. The van der Waals surface area contributed by atoms with Crippen molar-refractivity contribution >= 4 is 63.8 Å². The molecule has 1 heterocycles. The SMILES string of the molecule is Cc1ccc(Cl)cc1NC(=O)CN1C(=O)S/C(=C/c2ccc(OCc3ccc(Cl)cc3)cc2)C1=O. The highest BCUT2D eigenvalue weighted by molar-refractivity contribution is 8.18. The average molecular weight is 527 g/mol. The van der Waals surface area contributed by atoms with E-state index in [1.165, 1.54) is 0 Å². The standard InChI is InChI=1S/C26H20Cl2N2O4S/c1-16-2-7-20(28)13-22(16)29-24(31)14-30-25(32)23(35-26(30)33)12-17-5-10-21(11-6-17)34-15-18-3-8-19(27)9-4-18/h2-13H,14-15H2,1H3,(H,29,31)/b23-12+. The lowest BCUT2D eigenvalue weighted by atomic mass is 10.2. The van der Waals surface area contributed by atoms with E-state index in [1.54, 1.807) is 60.7 Å². The minimum Gasteiger partial charge on any atom is -0.489 e. The van der Waals surface area contributed by atoms with Gasteiger partial charge in [0.25, 0.3) is 11.1 Å². The Kier molecular flexibility index (Phi) is 7.80. The van der Waals surface area contributed by atoms with Crippen LogP contribution in [-0.4, -0.2) is 28.5 Å². The predicted molar refractivity (Wildman–Crippen MR) is 140 cm³/mol. The van der Waals surface area contributed by atoms with Crippen LogP contribution in [-0.2, 0) is 16.2 Å². The van der Waals surface area contributed by atoms with Crippen molar-refractivity contribution in [2.75, 3.05) is 11.9 Å². The second kappa shape index (κ2) is 11.0. The van der Waals surface area contributed by atoms with E-state index < -0.39 is 17.1 Å². The number of hydrogen-bond acceptors (Lipinski definition) is 5. The van der Waals surface area contributed by atoms with Crippen molar-refractivity contribution in [1.82, 2.24) is 4.90 Å². The average Bonchev–Trinajstić information content (AvgIpc) is 3.09. The van der Waals surface area contributed by atoms with Gasteiger partial charge in [-0.05, 0) is 77.9 Å². The van der Waals surface area contributed by atoms with Gasteiger partial charge in [-0.2, -0.15) is 0 Å². The molecule has 4 rings (SSSR count). The minimum atomic E-state index is -0.513. The quantitative estimate of drug-likeness (QED) is 0.353. The third kappa shape index (κ3) is 6.45. The van der Waals surface area contributed by atoms with Crippen LogP contribution in [0.4, 0.5) is 10.5 Å². The molecular weight excluding hydrogens is 507 g/mol. The number of nitrogens with one attached hydrogen (secondary N) is 1. The Balaban J connectivity index is 1.36. The van der Waals surface area contributed by atoms with Gasteiger partial charge >= 0.3 is 0 Å². The van der Waals surface area contributed by atoms with E-state index in [1.807, 2.05) is 19.1 Å². The van der Waals surface area contributed by atoms with Crippen molar-refractivity contribution in [3.63, 3.8) is 0 Å². The van der Waals surface area contributed by atoms with Crippen molar-refractivity contribution < 1.29 is 19.1 Å².